The molecule has 1 atom stereocenters. The number of guanidine groups is 1. The first-order chi connectivity index (χ1) is 13.8. The molecule has 3 aliphatic rings. The van der Waals surface area contributed by atoms with Crippen LogP contribution in [-0.4, -0.2) is 61.7 Å². The van der Waals surface area contributed by atoms with Crippen LogP contribution in [0.25, 0.3) is 0 Å². The highest BCUT2D eigenvalue weighted by Gasteiger charge is 2.31. The maximum Gasteiger partial charge on any atom is 0.225 e. The molecule has 28 heavy (non-hydrogen) atoms. The molecule has 3 rings (SSSR count). The summed E-state index contributed by atoms with van der Waals surface area (Å²) in [7, 11) is 0. The van der Waals surface area contributed by atoms with Gasteiger partial charge in [-0.15, -0.1) is 0 Å². The van der Waals surface area contributed by atoms with Crippen molar-refractivity contribution in [1.82, 2.24) is 15.5 Å². The fourth-order valence-electron chi connectivity index (χ4n) is 4.76. The summed E-state index contributed by atoms with van der Waals surface area (Å²) in [5.41, 5.74) is 0. The maximum atomic E-state index is 12.7. The molecule has 0 aromatic rings. The van der Waals surface area contributed by atoms with Gasteiger partial charge in [0.2, 0.25) is 5.91 Å². The first-order valence-corrected chi connectivity index (χ1v) is 11.7. The number of hydrogen-bond donors (Lipinski definition) is 2. The Morgan fingerprint density at radius 1 is 1.07 bits per heavy atom. The number of hydrogen-bond acceptors (Lipinski definition) is 3. The lowest BCUT2D eigenvalue weighted by molar-refractivity contribution is -0.135. The van der Waals surface area contributed by atoms with Crippen molar-refractivity contribution in [3.8, 4) is 0 Å². The van der Waals surface area contributed by atoms with Crippen LogP contribution >= 0.6 is 0 Å². The largest absolute Gasteiger partial charge is 0.378 e. The Morgan fingerprint density at radius 2 is 1.82 bits per heavy atom. The van der Waals surface area contributed by atoms with Crippen molar-refractivity contribution in [2.75, 3.05) is 32.8 Å². The highest BCUT2D eigenvalue weighted by molar-refractivity contribution is 5.81. The van der Waals surface area contributed by atoms with Crippen LogP contribution < -0.4 is 10.6 Å². The zero-order valence-electron chi connectivity index (χ0n) is 17.8. The fraction of sp³-hybridized carbons (Fsp3) is 0.909. The molecule has 6 nitrogen and oxygen atoms in total. The van der Waals surface area contributed by atoms with Gasteiger partial charge in [-0.2, -0.15) is 0 Å². The average molecular weight is 393 g/mol. The summed E-state index contributed by atoms with van der Waals surface area (Å²) in [4.78, 5) is 19.5. The minimum atomic E-state index is 0.272. The molecule has 1 heterocycles. The molecule has 160 valence electrons. The number of nitrogens with one attached hydrogen (secondary N) is 2. The summed E-state index contributed by atoms with van der Waals surface area (Å²) in [6, 6.07) is 0.306. The van der Waals surface area contributed by atoms with E-state index < -0.39 is 0 Å². The van der Waals surface area contributed by atoms with E-state index in [1.807, 2.05) is 0 Å². The Hall–Kier alpha value is -1.30. The van der Waals surface area contributed by atoms with Crippen LogP contribution in [0.1, 0.15) is 77.6 Å². The Labute approximate surface area is 170 Å². The third kappa shape index (κ3) is 6.64. The van der Waals surface area contributed by atoms with E-state index in [-0.39, 0.29) is 5.92 Å². The molecule has 0 aromatic carbocycles. The van der Waals surface area contributed by atoms with Crippen LogP contribution in [0.3, 0.4) is 0 Å². The van der Waals surface area contributed by atoms with Gasteiger partial charge < -0.3 is 20.3 Å². The Bertz CT molecular complexity index is 499. The molecule has 1 amide bonds. The van der Waals surface area contributed by atoms with E-state index in [0.717, 1.165) is 64.4 Å². The van der Waals surface area contributed by atoms with Crippen LogP contribution in [-0.2, 0) is 9.53 Å². The molecule has 2 aliphatic carbocycles. The highest BCUT2D eigenvalue weighted by Crippen LogP contribution is 2.26. The molecule has 3 fully saturated rings. The molecule has 1 aliphatic heterocycles. The Morgan fingerprint density at radius 3 is 2.57 bits per heavy atom. The van der Waals surface area contributed by atoms with Gasteiger partial charge in [-0.3, -0.25) is 9.79 Å². The lowest BCUT2D eigenvalue weighted by Gasteiger charge is -2.26. The number of nitrogens with zero attached hydrogens (tertiary/aromatic N) is 2. The zero-order valence-corrected chi connectivity index (χ0v) is 17.8. The fourth-order valence-corrected chi connectivity index (χ4v) is 4.76. The van der Waals surface area contributed by atoms with E-state index >= 15 is 0 Å². The summed E-state index contributed by atoms with van der Waals surface area (Å²) in [5.74, 6) is 1.53. The summed E-state index contributed by atoms with van der Waals surface area (Å²) in [5, 5.41) is 6.88. The predicted octanol–water partition coefficient (Wildman–Crippen LogP) is 3.07. The van der Waals surface area contributed by atoms with Crippen molar-refractivity contribution in [3.05, 3.63) is 0 Å². The van der Waals surface area contributed by atoms with Gasteiger partial charge >= 0.3 is 0 Å². The van der Waals surface area contributed by atoms with Gasteiger partial charge in [-0.05, 0) is 45.4 Å². The van der Waals surface area contributed by atoms with Gasteiger partial charge in [0.25, 0.3) is 0 Å². The number of rotatable bonds is 8. The van der Waals surface area contributed by atoms with E-state index in [4.69, 9.17) is 9.73 Å². The molecule has 2 saturated carbocycles. The summed E-state index contributed by atoms with van der Waals surface area (Å²) < 4.78 is 5.92. The molecule has 0 aromatic heterocycles. The predicted molar refractivity (Wildman–Crippen MR) is 113 cm³/mol. The van der Waals surface area contributed by atoms with Gasteiger partial charge in [0.1, 0.15) is 0 Å². The molecule has 0 spiro atoms. The zero-order chi connectivity index (χ0) is 19.6. The molecule has 2 N–H and O–H groups in total. The molecule has 6 heteroatoms. The summed E-state index contributed by atoms with van der Waals surface area (Å²) in [6.07, 6.45) is 13.4. The van der Waals surface area contributed by atoms with Crippen LogP contribution in [0.4, 0.5) is 0 Å². The Kier molecular flexibility index (Phi) is 8.90. The van der Waals surface area contributed by atoms with Crippen molar-refractivity contribution < 1.29 is 9.53 Å². The van der Waals surface area contributed by atoms with E-state index in [9.17, 15) is 4.79 Å². The number of aliphatic imine (C=N–C) groups is 1. The van der Waals surface area contributed by atoms with Crippen LogP contribution in [0, 0.1) is 5.92 Å². The quantitative estimate of drug-likeness (QED) is 0.378. The van der Waals surface area contributed by atoms with E-state index in [0.29, 0.717) is 18.1 Å². The summed E-state index contributed by atoms with van der Waals surface area (Å²) >= 11 is 0. The van der Waals surface area contributed by atoms with Crippen molar-refractivity contribution in [1.29, 1.82) is 0 Å². The van der Waals surface area contributed by atoms with Gasteiger partial charge in [0.15, 0.2) is 5.96 Å². The molecular formula is C22H40N4O2. The second kappa shape index (κ2) is 11.6. The maximum absolute atomic E-state index is 12.7. The first kappa shape index (κ1) is 21.4. The minimum Gasteiger partial charge on any atom is -0.378 e. The second-order valence-electron chi connectivity index (χ2n) is 8.64. The van der Waals surface area contributed by atoms with Crippen LogP contribution in [0.5, 0.6) is 0 Å². The third-order valence-corrected chi connectivity index (χ3v) is 6.37. The van der Waals surface area contributed by atoms with Crippen molar-refractivity contribution in [3.63, 3.8) is 0 Å². The minimum absolute atomic E-state index is 0.272. The number of amides is 1. The topological polar surface area (TPSA) is 66.0 Å². The van der Waals surface area contributed by atoms with Gasteiger partial charge in [0.05, 0.1) is 6.10 Å². The number of carbonyl (C=O) groups is 1. The normalized spacial score (nSPS) is 24.7. The van der Waals surface area contributed by atoms with E-state index in [1.165, 1.54) is 44.9 Å². The Balaban J connectivity index is 1.37. The second-order valence-corrected chi connectivity index (χ2v) is 8.64. The van der Waals surface area contributed by atoms with E-state index in [1.54, 1.807) is 0 Å². The lowest BCUT2D eigenvalue weighted by atomic mass is 9.88. The SMILES string of the molecule is CCNC(=NCCCOC1CCCC1)NC1CCN(C(=O)C2CCCCC2)C1. The smallest absolute Gasteiger partial charge is 0.225 e. The van der Waals surface area contributed by atoms with Gasteiger partial charge in [-0.25, -0.2) is 0 Å². The number of ether oxygens (including phenoxy) is 1. The number of carbonyl (C=O) groups excluding carboxylic acids is 1. The lowest BCUT2D eigenvalue weighted by Crippen LogP contribution is -2.45. The summed E-state index contributed by atoms with van der Waals surface area (Å²) in [6.45, 7) is 6.21. The van der Waals surface area contributed by atoms with Gasteiger partial charge in [0, 0.05) is 44.7 Å². The van der Waals surface area contributed by atoms with Crippen LogP contribution in [0.2, 0.25) is 0 Å². The first-order valence-electron chi connectivity index (χ1n) is 11.7. The van der Waals surface area contributed by atoms with Crippen molar-refractivity contribution in [2.45, 2.75) is 89.7 Å². The monoisotopic (exact) mass is 392 g/mol. The van der Waals surface area contributed by atoms with Crippen molar-refractivity contribution >= 4 is 11.9 Å². The highest BCUT2D eigenvalue weighted by atomic mass is 16.5. The molecular weight excluding hydrogens is 352 g/mol. The molecule has 1 unspecified atom stereocenters. The van der Waals surface area contributed by atoms with Crippen LogP contribution in [0.15, 0.2) is 4.99 Å². The average Bonchev–Trinajstić information content (AvgIpc) is 3.40. The number of likely N-dealkylation sites (tertiary alicyclic amines) is 1. The third-order valence-electron chi connectivity index (χ3n) is 6.37. The molecule has 1 saturated heterocycles. The molecule has 0 bridgehead atoms. The van der Waals surface area contributed by atoms with Gasteiger partial charge in [-0.1, -0.05) is 32.1 Å². The van der Waals surface area contributed by atoms with E-state index in [2.05, 4.69) is 22.5 Å². The molecule has 0 radical (unpaired) electrons. The van der Waals surface area contributed by atoms with Crippen molar-refractivity contribution in [2.24, 2.45) is 10.9 Å². The standard InChI is InChI=1S/C22H40N4O2/c1-2-23-22(24-14-8-16-28-20-11-6-7-12-20)25-19-13-15-26(17-19)21(27)18-9-4-3-5-10-18/h18-20H,2-17H2,1H3,(H2,23,24,25).